The van der Waals surface area contributed by atoms with Crippen LogP contribution in [0.25, 0.3) is 0 Å². The van der Waals surface area contributed by atoms with Crippen LogP contribution >= 0.6 is 27.5 Å². The summed E-state index contributed by atoms with van der Waals surface area (Å²) >= 11 is 8.88. The van der Waals surface area contributed by atoms with Crippen LogP contribution in [-0.2, 0) is 5.88 Å². The van der Waals surface area contributed by atoms with Gasteiger partial charge in [-0.2, -0.15) is 0 Å². The predicted octanol–water partition coefficient (Wildman–Crippen LogP) is 3.10. The zero-order chi connectivity index (χ0) is 10.7. The molecule has 4 nitrogen and oxygen atoms in total. The van der Waals surface area contributed by atoms with Crippen molar-refractivity contribution in [2.24, 2.45) is 0 Å². The zero-order valence-corrected chi connectivity index (χ0v) is 9.63. The molecule has 0 saturated carbocycles. The first kappa shape index (κ1) is 11.3. The van der Waals surface area contributed by atoms with E-state index in [1.807, 2.05) is 0 Å². The number of methoxy groups -OCH3 is 1. The van der Waals surface area contributed by atoms with Crippen LogP contribution in [0.2, 0.25) is 0 Å². The second kappa shape index (κ2) is 4.61. The van der Waals surface area contributed by atoms with Crippen LogP contribution in [-0.4, -0.2) is 12.0 Å². The summed E-state index contributed by atoms with van der Waals surface area (Å²) in [4.78, 5) is 10.1. The summed E-state index contributed by atoms with van der Waals surface area (Å²) in [5, 5.41) is 10.5. The molecule has 6 heteroatoms. The smallest absolute Gasteiger partial charge is 0.273 e. The summed E-state index contributed by atoms with van der Waals surface area (Å²) in [5.41, 5.74) is 0.610. The highest BCUT2D eigenvalue weighted by atomic mass is 79.9. The second-order valence-electron chi connectivity index (χ2n) is 2.51. The predicted molar refractivity (Wildman–Crippen MR) is 56.9 cm³/mol. The maximum atomic E-state index is 10.5. The lowest BCUT2D eigenvalue weighted by molar-refractivity contribution is -0.385. The van der Waals surface area contributed by atoms with Crippen molar-refractivity contribution in [3.8, 4) is 5.75 Å². The Hall–Kier alpha value is -0.810. The van der Waals surface area contributed by atoms with Crippen LogP contribution in [0, 0.1) is 10.1 Å². The molecule has 0 bridgehead atoms. The van der Waals surface area contributed by atoms with Crippen molar-refractivity contribution in [1.82, 2.24) is 0 Å². The number of hydrogen-bond donors (Lipinski definition) is 0. The number of halogens is 2. The molecule has 0 aliphatic carbocycles. The average molecular weight is 281 g/mol. The van der Waals surface area contributed by atoms with Crippen molar-refractivity contribution in [2.75, 3.05) is 7.11 Å². The Balaban J connectivity index is 3.32. The van der Waals surface area contributed by atoms with Crippen molar-refractivity contribution in [2.45, 2.75) is 5.88 Å². The molecule has 0 unspecified atom stereocenters. The molecule has 0 saturated heterocycles. The highest BCUT2D eigenvalue weighted by Gasteiger charge is 2.14. The van der Waals surface area contributed by atoms with E-state index < -0.39 is 4.92 Å². The van der Waals surface area contributed by atoms with Gasteiger partial charge in [-0.25, -0.2) is 0 Å². The minimum absolute atomic E-state index is 0.0271. The molecule has 1 aromatic rings. The van der Waals surface area contributed by atoms with Crippen LogP contribution in [0.1, 0.15) is 5.56 Å². The van der Waals surface area contributed by atoms with Crippen LogP contribution in [0.4, 0.5) is 5.69 Å². The monoisotopic (exact) mass is 279 g/mol. The van der Waals surface area contributed by atoms with Gasteiger partial charge in [-0.15, -0.1) is 11.6 Å². The lowest BCUT2D eigenvalue weighted by atomic mass is 10.2. The molecule has 76 valence electrons. The van der Waals surface area contributed by atoms with Crippen LogP contribution in [0.15, 0.2) is 16.6 Å². The van der Waals surface area contributed by atoms with E-state index in [9.17, 15) is 10.1 Å². The van der Waals surface area contributed by atoms with Gasteiger partial charge in [-0.1, -0.05) is 0 Å². The van der Waals surface area contributed by atoms with Gasteiger partial charge in [-0.05, 0) is 21.5 Å². The molecular formula is C8H7BrClNO3. The highest BCUT2D eigenvalue weighted by Crippen LogP contribution is 2.33. The van der Waals surface area contributed by atoms with Crippen LogP contribution in [0.5, 0.6) is 5.75 Å². The van der Waals surface area contributed by atoms with E-state index >= 15 is 0 Å². The number of nitro benzene ring substituents is 1. The number of rotatable bonds is 3. The van der Waals surface area contributed by atoms with Crippen molar-refractivity contribution >= 4 is 33.2 Å². The summed E-state index contributed by atoms with van der Waals surface area (Å²) in [6.07, 6.45) is 0. The average Bonchev–Trinajstić information content (AvgIpc) is 2.17. The first-order valence-electron chi connectivity index (χ1n) is 3.67. The van der Waals surface area contributed by atoms with Gasteiger partial charge in [-0.3, -0.25) is 10.1 Å². The first-order valence-corrected chi connectivity index (χ1v) is 4.99. The largest absolute Gasteiger partial charge is 0.495 e. The van der Waals surface area contributed by atoms with Gasteiger partial charge in [0.05, 0.1) is 22.6 Å². The van der Waals surface area contributed by atoms with Gasteiger partial charge in [0.1, 0.15) is 5.75 Å². The van der Waals surface area contributed by atoms with E-state index in [1.54, 1.807) is 0 Å². The molecule has 1 aromatic carbocycles. The Morgan fingerprint density at radius 3 is 2.71 bits per heavy atom. The van der Waals surface area contributed by atoms with Gasteiger partial charge in [0.15, 0.2) is 0 Å². The Morgan fingerprint density at radius 1 is 1.64 bits per heavy atom. The number of nitro groups is 1. The number of benzene rings is 1. The van der Waals surface area contributed by atoms with E-state index in [2.05, 4.69) is 15.9 Å². The van der Waals surface area contributed by atoms with Gasteiger partial charge in [0.2, 0.25) is 0 Å². The fraction of sp³-hybridized carbons (Fsp3) is 0.250. The molecule has 0 N–H and O–H groups in total. The van der Waals surface area contributed by atoms with Crippen LogP contribution < -0.4 is 4.74 Å². The molecule has 1 rings (SSSR count). The van der Waals surface area contributed by atoms with E-state index in [0.717, 1.165) is 0 Å². The number of alkyl halides is 1. The normalized spacial score (nSPS) is 9.93. The van der Waals surface area contributed by atoms with Crippen LogP contribution in [0.3, 0.4) is 0 Å². The first-order chi connectivity index (χ1) is 6.60. The summed E-state index contributed by atoms with van der Waals surface area (Å²) in [7, 11) is 1.45. The zero-order valence-electron chi connectivity index (χ0n) is 7.29. The molecule has 0 aliphatic heterocycles. The molecule has 0 amide bonds. The molecule has 0 heterocycles. The van der Waals surface area contributed by atoms with Gasteiger partial charge in [0.25, 0.3) is 5.69 Å². The molecule has 0 atom stereocenters. The molecule has 0 spiro atoms. The lowest BCUT2D eigenvalue weighted by Gasteiger charge is -2.06. The minimum Gasteiger partial charge on any atom is -0.495 e. The summed E-state index contributed by atoms with van der Waals surface area (Å²) in [6.45, 7) is 0. The maximum absolute atomic E-state index is 10.5. The fourth-order valence-electron chi connectivity index (χ4n) is 0.991. The Kier molecular flexibility index (Phi) is 3.71. The third-order valence-corrected chi connectivity index (χ3v) is 2.86. The van der Waals surface area contributed by atoms with Crippen molar-refractivity contribution in [3.05, 3.63) is 32.3 Å². The molecule has 0 radical (unpaired) electrons. The Labute approximate surface area is 94.1 Å². The molecular weight excluding hydrogens is 273 g/mol. The SMILES string of the molecule is COc1cc([N+](=O)[O-])cc(CCl)c1Br. The summed E-state index contributed by atoms with van der Waals surface area (Å²) in [6, 6.07) is 2.76. The van der Waals surface area contributed by atoms with E-state index in [4.69, 9.17) is 16.3 Å². The number of non-ortho nitro benzene ring substituents is 1. The second-order valence-corrected chi connectivity index (χ2v) is 3.57. The van der Waals surface area contributed by atoms with E-state index in [-0.39, 0.29) is 11.6 Å². The maximum Gasteiger partial charge on any atom is 0.273 e. The van der Waals surface area contributed by atoms with Crippen molar-refractivity contribution in [3.63, 3.8) is 0 Å². The van der Waals surface area contributed by atoms with Crippen molar-refractivity contribution < 1.29 is 9.66 Å². The number of ether oxygens (including phenoxy) is 1. The number of nitrogens with zero attached hydrogens (tertiary/aromatic N) is 1. The van der Waals surface area contributed by atoms with Gasteiger partial charge >= 0.3 is 0 Å². The van der Waals surface area contributed by atoms with Crippen molar-refractivity contribution in [1.29, 1.82) is 0 Å². The lowest BCUT2D eigenvalue weighted by Crippen LogP contribution is -1.94. The standard InChI is InChI=1S/C8H7BrClNO3/c1-14-7-3-6(11(12)13)2-5(4-10)8(7)9/h2-3H,4H2,1H3. The fourth-order valence-corrected chi connectivity index (χ4v) is 1.89. The Bertz CT molecular complexity index is 345. The molecule has 0 fully saturated rings. The third-order valence-electron chi connectivity index (χ3n) is 1.67. The third kappa shape index (κ3) is 2.16. The van der Waals surface area contributed by atoms with E-state index in [0.29, 0.717) is 15.8 Å². The molecule has 14 heavy (non-hydrogen) atoms. The quantitative estimate of drug-likeness (QED) is 0.485. The van der Waals surface area contributed by atoms with Gasteiger partial charge in [0, 0.05) is 11.9 Å². The topological polar surface area (TPSA) is 52.4 Å². The summed E-state index contributed by atoms with van der Waals surface area (Å²) in [5.74, 6) is 0.605. The Morgan fingerprint density at radius 2 is 2.29 bits per heavy atom. The molecule has 0 aliphatic rings. The van der Waals surface area contributed by atoms with E-state index in [1.165, 1.54) is 19.2 Å². The summed E-state index contributed by atoms with van der Waals surface area (Å²) < 4.78 is 5.62. The molecule has 0 aromatic heterocycles. The number of hydrogen-bond acceptors (Lipinski definition) is 3. The van der Waals surface area contributed by atoms with Gasteiger partial charge < -0.3 is 4.74 Å². The minimum atomic E-state index is -0.481. The highest BCUT2D eigenvalue weighted by molar-refractivity contribution is 9.10.